The minimum absolute atomic E-state index is 0.0710. The molecule has 2 rings (SSSR count). The van der Waals surface area contributed by atoms with E-state index >= 15 is 0 Å². The number of methoxy groups -OCH3 is 1. The van der Waals surface area contributed by atoms with E-state index in [-0.39, 0.29) is 31.0 Å². The fourth-order valence-electron chi connectivity index (χ4n) is 3.10. The molecule has 27 heavy (non-hydrogen) atoms. The average molecular weight is 380 g/mol. The van der Waals surface area contributed by atoms with Crippen molar-refractivity contribution in [3.63, 3.8) is 0 Å². The first-order valence-electron chi connectivity index (χ1n) is 9.01. The minimum Gasteiger partial charge on any atom is -0.469 e. The van der Waals surface area contributed by atoms with Gasteiger partial charge in [-0.05, 0) is 44.0 Å². The van der Waals surface area contributed by atoms with Gasteiger partial charge in [-0.15, -0.1) is 0 Å². The Kier molecular flexibility index (Phi) is 7.57. The molecule has 1 aromatic carbocycles. The highest BCUT2D eigenvalue weighted by molar-refractivity contribution is 5.94. The Morgan fingerprint density at radius 2 is 1.81 bits per heavy atom. The third-order valence-electron chi connectivity index (χ3n) is 4.57. The van der Waals surface area contributed by atoms with Crippen molar-refractivity contribution in [3.8, 4) is 0 Å². The Bertz CT molecular complexity index is 657. The van der Waals surface area contributed by atoms with Gasteiger partial charge in [0.2, 0.25) is 0 Å². The van der Waals surface area contributed by atoms with Crippen LogP contribution < -0.4 is 0 Å². The van der Waals surface area contributed by atoms with Crippen molar-refractivity contribution < 1.29 is 28.2 Å². The lowest BCUT2D eigenvalue weighted by molar-refractivity contribution is -0.140. The molecule has 0 aromatic heterocycles. The highest BCUT2D eigenvalue weighted by Crippen LogP contribution is 2.20. The molecular weight excluding hydrogens is 355 g/mol. The average Bonchev–Trinajstić information content (AvgIpc) is 2.69. The maximum Gasteiger partial charge on any atom is 0.409 e. The molecule has 0 N–H and O–H groups in total. The number of nitrogens with zero attached hydrogens (tertiary/aromatic N) is 2. The van der Waals surface area contributed by atoms with Crippen LogP contribution in [0.5, 0.6) is 0 Å². The zero-order valence-electron chi connectivity index (χ0n) is 15.7. The largest absolute Gasteiger partial charge is 0.469 e. The minimum atomic E-state index is -0.421. The summed E-state index contributed by atoms with van der Waals surface area (Å²) in [5.41, 5.74) is 0.356. The fraction of sp³-hybridized carbons (Fsp3) is 0.526. The Morgan fingerprint density at radius 3 is 2.37 bits per heavy atom. The van der Waals surface area contributed by atoms with Crippen LogP contribution in [-0.4, -0.2) is 67.2 Å². The third kappa shape index (κ3) is 5.67. The van der Waals surface area contributed by atoms with E-state index in [4.69, 9.17) is 4.74 Å². The van der Waals surface area contributed by atoms with Gasteiger partial charge in [-0.2, -0.15) is 0 Å². The Morgan fingerprint density at radius 1 is 1.19 bits per heavy atom. The van der Waals surface area contributed by atoms with Crippen LogP contribution in [0, 0.1) is 5.82 Å². The second-order valence-electron chi connectivity index (χ2n) is 6.25. The predicted octanol–water partition coefficient (Wildman–Crippen LogP) is 2.45. The molecule has 1 fully saturated rings. The van der Waals surface area contributed by atoms with Gasteiger partial charge in [0, 0.05) is 31.2 Å². The summed E-state index contributed by atoms with van der Waals surface area (Å²) in [6.07, 6.45) is 0.864. The van der Waals surface area contributed by atoms with Crippen LogP contribution in [0.1, 0.15) is 36.5 Å². The summed E-state index contributed by atoms with van der Waals surface area (Å²) in [7, 11) is 1.30. The number of halogens is 1. The van der Waals surface area contributed by atoms with E-state index < -0.39 is 11.8 Å². The van der Waals surface area contributed by atoms with Gasteiger partial charge in [0.25, 0.3) is 5.91 Å². The van der Waals surface area contributed by atoms with Gasteiger partial charge in [-0.25, -0.2) is 9.18 Å². The monoisotopic (exact) mass is 380 g/mol. The van der Waals surface area contributed by atoms with Gasteiger partial charge in [0.05, 0.1) is 20.1 Å². The van der Waals surface area contributed by atoms with Gasteiger partial charge in [0.15, 0.2) is 0 Å². The van der Waals surface area contributed by atoms with E-state index in [2.05, 4.69) is 4.74 Å². The van der Waals surface area contributed by atoms with Gasteiger partial charge in [0.1, 0.15) is 5.82 Å². The first kappa shape index (κ1) is 20.7. The molecule has 148 valence electrons. The molecular formula is C19H25FN2O5. The summed E-state index contributed by atoms with van der Waals surface area (Å²) < 4.78 is 22.8. The van der Waals surface area contributed by atoms with Gasteiger partial charge in [-0.1, -0.05) is 0 Å². The SMILES string of the molecule is CCOC(=O)N1CCC(N(CCC(=O)OC)C(=O)c2ccc(F)cc2)CC1. The van der Waals surface area contributed by atoms with Crippen LogP contribution in [0.2, 0.25) is 0 Å². The van der Waals surface area contributed by atoms with Crippen LogP contribution in [-0.2, 0) is 14.3 Å². The lowest BCUT2D eigenvalue weighted by atomic mass is 10.0. The van der Waals surface area contributed by atoms with E-state index in [1.54, 1.807) is 16.7 Å². The molecule has 7 nitrogen and oxygen atoms in total. The number of hydrogen-bond donors (Lipinski definition) is 0. The van der Waals surface area contributed by atoms with Crippen LogP contribution >= 0.6 is 0 Å². The highest BCUT2D eigenvalue weighted by Gasteiger charge is 2.31. The first-order valence-corrected chi connectivity index (χ1v) is 9.01. The molecule has 0 atom stereocenters. The Balaban J connectivity index is 2.08. The second-order valence-corrected chi connectivity index (χ2v) is 6.25. The maximum absolute atomic E-state index is 13.2. The molecule has 8 heteroatoms. The zero-order valence-corrected chi connectivity index (χ0v) is 15.7. The molecule has 1 saturated heterocycles. The summed E-state index contributed by atoms with van der Waals surface area (Å²) in [6, 6.07) is 5.19. The van der Waals surface area contributed by atoms with Crippen molar-refractivity contribution in [2.45, 2.75) is 32.2 Å². The van der Waals surface area contributed by atoms with E-state index in [1.165, 1.54) is 31.4 Å². The zero-order chi connectivity index (χ0) is 19.8. The van der Waals surface area contributed by atoms with Crippen molar-refractivity contribution in [2.24, 2.45) is 0 Å². The van der Waals surface area contributed by atoms with Crippen molar-refractivity contribution in [1.82, 2.24) is 9.80 Å². The molecule has 1 heterocycles. The van der Waals surface area contributed by atoms with Gasteiger partial charge >= 0.3 is 12.1 Å². The molecule has 1 aromatic rings. The number of carbonyl (C=O) groups is 3. The molecule has 0 spiro atoms. The van der Waals surface area contributed by atoms with E-state index in [0.29, 0.717) is 38.1 Å². The number of rotatable bonds is 6. The summed E-state index contributed by atoms with van der Waals surface area (Å²) in [5, 5.41) is 0. The molecule has 2 amide bonds. The maximum atomic E-state index is 13.2. The third-order valence-corrected chi connectivity index (χ3v) is 4.57. The van der Waals surface area contributed by atoms with Crippen molar-refractivity contribution >= 4 is 18.0 Å². The van der Waals surface area contributed by atoms with Crippen molar-refractivity contribution in [1.29, 1.82) is 0 Å². The number of ether oxygens (including phenoxy) is 2. The van der Waals surface area contributed by atoms with E-state index in [0.717, 1.165) is 0 Å². The summed E-state index contributed by atoms with van der Waals surface area (Å²) in [6.45, 7) is 3.20. The van der Waals surface area contributed by atoms with Crippen LogP contribution in [0.15, 0.2) is 24.3 Å². The molecule has 1 aliphatic heterocycles. The molecule has 1 aliphatic rings. The Labute approximate surface area is 158 Å². The smallest absolute Gasteiger partial charge is 0.409 e. The molecule has 0 bridgehead atoms. The Hall–Kier alpha value is -2.64. The lowest BCUT2D eigenvalue weighted by Crippen LogP contribution is -2.49. The van der Waals surface area contributed by atoms with Crippen molar-refractivity contribution in [2.75, 3.05) is 33.4 Å². The molecule has 0 aliphatic carbocycles. The number of amides is 2. The van der Waals surface area contributed by atoms with E-state index in [1.807, 2.05) is 0 Å². The highest BCUT2D eigenvalue weighted by atomic mass is 19.1. The normalized spacial score (nSPS) is 14.6. The van der Waals surface area contributed by atoms with Gasteiger partial charge < -0.3 is 19.3 Å². The lowest BCUT2D eigenvalue weighted by Gasteiger charge is -2.38. The van der Waals surface area contributed by atoms with Crippen LogP contribution in [0.25, 0.3) is 0 Å². The summed E-state index contributed by atoms with van der Waals surface area (Å²) in [5.74, 6) is -1.10. The molecule has 0 saturated carbocycles. The fourth-order valence-corrected chi connectivity index (χ4v) is 3.10. The number of hydrogen-bond acceptors (Lipinski definition) is 5. The van der Waals surface area contributed by atoms with Gasteiger partial charge in [-0.3, -0.25) is 9.59 Å². The topological polar surface area (TPSA) is 76.2 Å². The number of esters is 1. The quantitative estimate of drug-likeness (QED) is 0.709. The van der Waals surface area contributed by atoms with E-state index in [9.17, 15) is 18.8 Å². The van der Waals surface area contributed by atoms with Crippen LogP contribution in [0.3, 0.4) is 0 Å². The number of piperidine rings is 1. The number of likely N-dealkylation sites (tertiary alicyclic amines) is 1. The second kappa shape index (κ2) is 9.89. The summed E-state index contributed by atoms with van der Waals surface area (Å²) in [4.78, 5) is 39.5. The molecule has 0 unspecified atom stereocenters. The predicted molar refractivity (Wildman–Crippen MR) is 95.7 cm³/mol. The standard InChI is InChI=1S/C19H25FN2O5/c1-3-27-19(25)21-11-8-16(9-12-21)22(13-10-17(23)26-2)18(24)14-4-6-15(20)7-5-14/h4-7,16H,3,8-13H2,1-2H3. The van der Waals surface area contributed by atoms with Crippen molar-refractivity contribution in [3.05, 3.63) is 35.6 Å². The first-order chi connectivity index (χ1) is 13.0. The number of benzene rings is 1. The molecule has 0 radical (unpaired) electrons. The summed E-state index contributed by atoms with van der Waals surface area (Å²) >= 11 is 0. The van der Waals surface area contributed by atoms with Crippen LogP contribution in [0.4, 0.5) is 9.18 Å². The number of carbonyl (C=O) groups excluding carboxylic acids is 3.